The number of aliphatic hydroxyl groups excluding tert-OH is 1. The number of carbonyl (C=O) groups is 2. The van der Waals surface area contributed by atoms with Crippen LogP contribution in [0.1, 0.15) is 36.9 Å². The first-order valence-corrected chi connectivity index (χ1v) is 13.4. The van der Waals surface area contributed by atoms with Gasteiger partial charge in [-0.2, -0.15) is 5.26 Å². The van der Waals surface area contributed by atoms with Crippen molar-refractivity contribution in [1.82, 2.24) is 9.47 Å². The average molecular weight is 536 g/mol. The maximum absolute atomic E-state index is 14.0. The minimum atomic E-state index is -1.02. The average Bonchev–Trinajstić information content (AvgIpc) is 3.47. The van der Waals surface area contributed by atoms with E-state index in [1.54, 1.807) is 22.9 Å². The molecule has 2 atom stereocenters. The molecule has 1 unspecified atom stereocenters. The van der Waals surface area contributed by atoms with Crippen LogP contribution >= 0.6 is 0 Å². The fourth-order valence-corrected chi connectivity index (χ4v) is 4.96. The van der Waals surface area contributed by atoms with Crippen LogP contribution in [0.3, 0.4) is 0 Å². The predicted octanol–water partition coefficient (Wildman–Crippen LogP) is 5.76. The Kier molecular flexibility index (Phi) is 9.50. The summed E-state index contributed by atoms with van der Waals surface area (Å²) in [4.78, 5) is 27.9. The van der Waals surface area contributed by atoms with Gasteiger partial charge in [0.15, 0.2) is 0 Å². The Labute approximate surface area is 234 Å². The molecule has 0 radical (unpaired) electrons. The standard InChI is InChI=1S/C33H33N3O4/c1-2-6-30(33(39)40)31(32(38)36(19-20-37)22-25-7-4-3-5-8-25)35-18-17-29(23-35)28-15-13-27(14-16-28)26-11-9-24(21-34)10-12-26/h3-5,7-18,23,30-31,37H,2,6,19-20,22H2,1H3,(H,39,40)/t30?,31-/m0/s1. The number of amides is 1. The van der Waals surface area contributed by atoms with Crippen molar-refractivity contribution in [3.63, 3.8) is 0 Å². The topological polar surface area (TPSA) is 107 Å². The number of carboxylic acid groups (broad SMARTS) is 1. The van der Waals surface area contributed by atoms with Gasteiger partial charge in [0.05, 0.1) is 24.2 Å². The van der Waals surface area contributed by atoms with Gasteiger partial charge in [0.2, 0.25) is 5.91 Å². The van der Waals surface area contributed by atoms with Crippen LogP contribution in [0.5, 0.6) is 0 Å². The molecule has 7 heteroatoms. The van der Waals surface area contributed by atoms with Gasteiger partial charge in [-0.15, -0.1) is 0 Å². The maximum Gasteiger partial charge on any atom is 0.309 e. The summed E-state index contributed by atoms with van der Waals surface area (Å²) in [6, 6.07) is 27.9. The van der Waals surface area contributed by atoms with Gasteiger partial charge in [0, 0.05) is 25.5 Å². The van der Waals surface area contributed by atoms with Crippen LogP contribution in [0.25, 0.3) is 22.3 Å². The first-order valence-electron chi connectivity index (χ1n) is 13.4. The maximum atomic E-state index is 14.0. The second-order valence-electron chi connectivity index (χ2n) is 9.76. The van der Waals surface area contributed by atoms with E-state index in [0.29, 0.717) is 18.4 Å². The van der Waals surface area contributed by atoms with Crippen LogP contribution < -0.4 is 0 Å². The Morgan fingerprint density at radius 2 is 1.50 bits per heavy atom. The van der Waals surface area contributed by atoms with E-state index in [1.165, 1.54) is 4.90 Å². The molecular formula is C33H33N3O4. The molecule has 0 saturated heterocycles. The number of hydrogen-bond acceptors (Lipinski definition) is 4. The van der Waals surface area contributed by atoms with Crippen LogP contribution in [0, 0.1) is 17.2 Å². The zero-order chi connectivity index (χ0) is 28.5. The van der Waals surface area contributed by atoms with Gasteiger partial charge in [-0.25, -0.2) is 0 Å². The molecule has 7 nitrogen and oxygen atoms in total. The molecule has 4 rings (SSSR count). The molecule has 0 bridgehead atoms. The molecule has 40 heavy (non-hydrogen) atoms. The summed E-state index contributed by atoms with van der Waals surface area (Å²) in [6.45, 7) is 2.07. The molecule has 2 N–H and O–H groups in total. The summed E-state index contributed by atoms with van der Waals surface area (Å²) in [7, 11) is 0. The SMILES string of the molecule is CCCC(C(=O)O)[C@@H](C(=O)N(CCO)Cc1ccccc1)n1ccc(-c2ccc(-c3ccc(C#N)cc3)cc2)c1. The molecule has 1 heterocycles. The van der Waals surface area contributed by atoms with E-state index in [4.69, 9.17) is 5.26 Å². The molecule has 0 saturated carbocycles. The Morgan fingerprint density at radius 1 is 0.900 bits per heavy atom. The van der Waals surface area contributed by atoms with Crippen molar-refractivity contribution < 1.29 is 19.8 Å². The number of nitriles is 1. The minimum Gasteiger partial charge on any atom is -0.481 e. The third kappa shape index (κ3) is 6.66. The fraction of sp³-hybridized carbons (Fsp3) is 0.242. The second-order valence-corrected chi connectivity index (χ2v) is 9.76. The lowest BCUT2D eigenvalue weighted by Gasteiger charge is -2.31. The van der Waals surface area contributed by atoms with Crippen LogP contribution in [-0.4, -0.2) is 44.7 Å². The van der Waals surface area contributed by atoms with Gasteiger partial charge >= 0.3 is 5.97 Å². The van der Waals surface area contributed by atoms with Gasteiger partial charge in [-0.1, -0.05) is 80.1 Å². The van der Waals surface area contributed by atoms with Crippen LogP contribution in [-0.2, 0) is 16.1 Å². The van der Waals surface area contributed by atoms with E-state index >= 15 is 0 Å². The van der Waals surface area contributed by atoms with Crippen molar-refractivity contribution in [2.45, 2.75) is 32.4 Å². The van der Waals surface area contributed by atoms with Crippen molar-refractivity contribution >= 4 is 11.9 Å². The molecule has 1 amide bonds. The Bertz CT molecular complexity index is 1450. The van der Waals surface area contributed by atoms with E-state index in [1.807, 2.05) is 85.9 Å². The van der Waals surface area contributed by atoms with Gasteiger partial charge in [-0.05, 0) is 52.4 Å². The van der Waals surface area contributed by atoms with E-state index in [-0.39, 0.29) is 25.6 Å². The lowest BCUT2D eigenvalue weighted by Crippen LogP contribution is -2.43. The molecule has 4 aromatic rings. The molecule has 0 aliphatic carbocycles. The quantitative estimate of drug-likeness (QED) is 0.240. The molecule has 204 valence electrons. The number of aliphatic hydroxyl groups is 1. The summed E-state index contributed by atoms with van der Waals surface area (Å²) in [5.74, 6) is -2.28. The summed E-state index contributed by atoms with van der Waals surface area (Å²) >= 11 is 0. The summed E-state index contributed by atoms with van der Waals surface area (Å²) in [5.41, 5.74) is 5.31. The number of nitrogens with zero attached hydrogens (tertiary/aromatic N) is 3. The highest BCUT2D eigenvalue weighted by Gasteiger charge is 2.37. The van der Waals surface area contributed by atoms with Crippen molar-refractivity contribution in [1.29, 1.82) is 5.26 Å². The highest BCUT2D eigenvalue weighted by atomic mass is 16.4. The molecule has 0 aliphatic heterocycles. The molecule has 0 aliphatic rings. The lowest BCUT2D eigenvalue weighted by atomic mass is 9.93. The smallest absolute Gasteiger partial charge is 0.309 e. The molecule has 3 aromatic carbocycles. The third-order valence-electron chi connectivity index (χ3n) is 7.05. The zero-order valence-electron chi connectivity index (χ0n) is 22.5. The second kappa shape index (κ2) is 13.4. The Balaban J connectivity index is 1.64. The number of carboxylic acids is 1. The predicted molar refractivity (Wildman–Crippen MR) is 154 cm³/mol. The molecule has 0 fully saturated rings. The van der Waals surface area contributed by atoms with E-state index in [2.05, 4.69) is 6.07 Å². The van der Waals surface area contributed by atoms with Gasteiger partial charge in [0.1, 0.15) is 6.04 Å². The van der Waals surface area contributed by atoms with Crippen LogP contribution in [0.2, 0.25) is 0 Å². The first kappa shape index (κ1) is 28.3. The number of rotatable bonds is 12. The van der Waals surface area contributed by atoms with Crippen molar-refractivity contribution in [2.24, 2.45) is 5.92 Å². The molecule has 0 spiro atoms. The highest BCUT2D eigenvalue weighted by molar-refractivity contribution is 5.86. The number of aliphatic carboxylic acids is 1. The molecule has 1 aromatic heterocycles. The Hall–Kier alpha value is -4.67. The highest BCUT2D eigenvalue weighted by Crippen LogP contribution is 2.31. The van der Waals surface area contributed by atoms with E-state index in [0.717, 1.165) is 27.8 Å². The zero-order valence-corrected chi connectivity index (χ0v) is 22.5. The summed E-state index contributed by atoms with van der Waals surface area (Å²) in [5, 5.41) is 28.9. The monoisotopic (exact) mass is 535 g/mol. The number of benzene rings is 3. The fourth-order valence-electron chi connectivity index (χ4n) is 4.96. The van der Waals surface area contributed by atoms with E-state index < -0.39 is 17.9 Å². The summed E-state index contributed by atoms with van der Waals surface area (Å²) in [6.07, 6.45) is 4.55. The molecular weight excluding hydrogens is 502 g/mol. The number of hydrogen-bond donors (Lipinski definition) is 2. The normalized spacial score (nSPS) is 12.3. The first-order chi connectivity index (χ1) is 19.4. The van der Waals surface area contributed by atoms with E-state index in [9.17, 15) is 19.8 Å². The van der Waals surface area contributed by atoms with Gasteiger partial charge < -0.3 is 19.7 Å². The lowest BCUT2D eigenvalue weighted by molar-refractivity contribution is -0.150. The Morgan fingerprint density at radius 3 is 2.05 bits per heavy atom. The minimum absolute atomic E-state index is 0.105. The number of aromatic nitrogens is 1. The van der Waals surface area contributed by atoms with Crippen molar-refractivity contribution in [3.05, 3.63) is 108 Å². The van der Waals surface area contributed by atoms with Crippen molar-refractivity contribution in [3.8, 4) is 28.3 Å². The third-order valence-corrected chi connectivity index (χ3v) is 7.05. The summed E-state index contributed by atoms with van der Waals surface area (Å²) < 4.78 is 1.70. The van der Waals surface area contributed by atoms with Crippen LogP contribution in [0.4, 0.5) is 0 Å². The number of carbonyl (C=O) groups excluding carboxylic acids is 1. The van der Waals surface area contributed by atoms with Crippen LogP contribution in [0.15, 0.2) is 97.3 Å². The van der Waals surface area contributed by atoms with Gasteiger partial charge in [0.25, 0.3) is 0 Å². The van der Waals surface area contributed by atoms with Crippen molar-refractivity contribution in [2.75, 3.05) is 13.2 Å². The largest absolute Gasteiger partial charge is 0.481 e. The van der Waals surface area contributed by atoms with Gasteiger partial charge in [-0.3, -0.25) is 9.59 Å².